The molecule has 0 saturated heterocycles. The zero-order chi connectivity index (χ0) is 7.40. The molecule has 0 atom stereocenters. The molecule has 0 aliphatic carbocycles. The van der Waals surface area contributed by atoms with Gasteiger partial charge in [0.1, 0.15) is 5.75 Å². The third-order valence-corrected chi connectivity index (χ3v) is 1.21. The lowest BCUT2D eigenvalue weighted by atomic mass is 10.1. The number of aromatic hydroxyl groups is 1. The lowest BCUT2D eigenvalue weighted by Gasteiger charge is -1.94. The molecule has 1 heteroatoms. The molecule has 1 aromatic rings. The Morgan fingerprint density at radius 1 is 1.70 bits per heavy atom. The standard InChI is InChI=1S/C9H9O/c1-2-4-8-5-3-6-9(10)7-8/h2-3,6-7,10H,1,4H2. The third kappa shape index (κ3) is 1.62. The lowest BCUT2D eigenvalue weighted by molar-refractivity contribution is 0.474. The summed E-state index contributed by atoms with van der Waals surface area (Å²) in [4.78, 5) is 0. The second-order valence-corrected chi connectivity index (χ2v) is 2.06. The monoisotopic (exact) mass is 133 g/mol. The summed E-state index contributed by atoms with van der Waals surface area (Å²) in [7, 11) is 0. The first-order valence-electron chi connectivity index (χ1n) is 3.13. The Morgan fingerprint density at radius 2 is 2.50 bits per heavy atom. The van der Waals surface area contributed by atoms with E-state index in [-0.39, 0.29) is 5.75 Å². The van der Waals surface area contributed by atoms with E-state index in [2.05, 4.69) is 12.6 Å². The Labute approximate surface area is 60.6 Å². The molecule has 1 N–H and O–H groups in total. The van der Waals surface area contributed by atoms with Crippen LogP contribution in [0.1, 0.15) is 5.56 Å². The molecule has 1 rings (SSSR count). The molecule has 0 fully saturated rings. The lowest BCUT2D eigenvalue weighted by Crippen LogP contribution is -1.78. The van der Waals surface area contributed by atoms with Gasteiger partial charge in [-0.3, -0.25) is 0 Å². The van der Waals surface area contributed by atoms with E-state index in [1.807, 2.05) is 0 Å². The minimum atomic E-state index is 0.288. The number of rotatable bonds is 2. The molecular weight excluding hydrogens is 124 g/mol. The molecule has 10 heavy (non-hydrogen) atoms. The van der Waals surface area contributed by atoms with Crippen molar-refractivity contribution in [2.24, 2.45) is 0 Å². The van der Waals surface area contributed by atoms with Gasteiger partial charge < -0.3 is 5.11 Å². The average Bonchev–Trinajstić information content (AvgIpc) is 1.88. The molecular formula is C9H9O. The average molecular weight is 133 g/mol. The Kier molecular flexibility index (Phi) is 2.11. The van der Waals surface area contributed by atoms with Crippen molar-refractivity contribution in [3.63, 3.8) is 0 Å². The Bertz CT molecular complexity index is 228. The maximum Gasteiger partial charge on any atom is 0.115 e. The largest absolute Gasteiger partial charge is 0.508 e. The van der Waals surface area contributed by atoms with Crippen molar-refractivity contribution in [3.8, 4) is 5.75 Å². The van der Waals surface area contributed by atoms with Crippen LogP contribution in [0.2, 0.25) is 0 Å². The summed E-state index contributed by atoms with van der Waals surface area (Å²) in [5, 5.41) is 8.99. The van der Waals surface area contributed by atoms with Crippen LogP contribution in [-0.4, -0.2) is 5.11 Å². The van der Waals surface area contributed by atoms with Crippen LogP contribution in [-0.2, 0) is 6.42 Å². The molecule has 51 valence electrons. The van der Waals surface area contributed by atoms with Crippen LogP contribution in [0, 0.1) is 6.07 Å². The number of allylic oxidation sites excluding steroid dienone is 1. The summed E-state index contributed by atoms with van der Waals surface area (Å²) in [5.41, 5.74) is 0.968. The zero-order valence-corrected chi connectivity index (χ0v) is 5.67. The maximum absolute atomic E-state index is 8.99. The van der Waals surface area contributed by atoms with Crippen LogP contribution in [0.15, 0.2) is 30.9 Å². The van der Waals surface area contributed by atoms with E-state index < -0.39 is 0 Å². The van der Waals surface area contributed by atoms with Gasteiger partial charge in [0.15, 0.2) is 0 Å². The van der Waals surface area contributed by atoms with Gasteiger partial charge in [-0.2, -0.15) is 0 Å². The summed E-state index contributed by atoms with van der Waals surface area (Å²) < 4.78 is 0. The summed E-state index contributed by atoms with van der Waals surface area (Å²) in [6.07, 6.45) is 2.54. The Hall–Kier alpha value is -1.24. The highest BCUT2D eigenvalue weighted by molar-refractivity contribution is 5.27. The minimum absolute atomic E-state index is 0.288. The van der Waals surface area contributed by atoms with Crippen molar-refractivity contribution < 1.29 is 5.11 Å². The molecule has 1 radical (unpaired) electrons. The van der Waals surface area contributed by atoms with Crippen molar-refractivity contribution in [1.82, 2.24) is 0 Å². The fraction of sp³-hybridized carbons (Fsp3) is 0.111. The summed E-state index contributed by atoms with van der Waals surface area (Å²) in [6.45, 7) is 3.58. The van der Waals surface area contributed by atoms with Crippen molar-refractivity contribution >= 4 is 0 Å². The summed E-state index contributed by atoms with van der Waals surface area (Å²) in [6, 6.07) is 7.97. The molecule has 0 aromatic heterocycles. The molecule has 0 saturated carbocycles. The topological polar surface area (TPSA) is 20.2 Å². The maximum atomic E-state index is 8.99. The first-order chi connectivity index (χ1) is 4.83. The third-order valence-electron chi connectivity index (χ3n) is 1.21. The van der Waals surface area contributed by atoms with Gasteiger partial charge in [0.25, 0.3) is 0 Å². The van der Waals surface area contributed by atoms with Crippen molar-refractivity contribution in [1.29, 1.82) is 0 Å². The highest BCUT2D eigenvalue weighted by Gasteiger charge is 1.89. The predicted molar refractivity (Wildman–Crippen MR) is 40.8 cm³/mol. The molecule has 0 unspecified atom stereocenters. The number of hydrogen-bond donors (Lipinski definition) is 1. The van der Waals surface area contributed by atoms with E-state index in [1.165, 1.54) is 0 Å². The number of hydrogen-bond acceptors (Lipinski definition) is 1. The first-order valence-corrected chi connectivity index (χ1v) is 3.13. The van der Waals surface area contributed by atoms with Gasteiger partial charge in [0.2, 0.25) is 0 Å². The minimum Gasteiger partial charge on any atom is -0.508 e. The van der Waals surface area contributed by atoms with Crippen LogP contribution in [0.5, 0.6) is 5.75 Å². The van der Waals surface area contributed by atoms with Gasteiger partial charge in [-0.05, 0) is 30.2 Å². The number of benzene rings is 1. The fourth-order valence-corrected chi connectivity index (χ4v) is 0.776. The van der Waals surface area contributed by atoms with Crippen LogP contribution >= 0.6 is 0 Å². The van der Waals surface area contributed by atoms with Crippen LogP contribution in [0.25, 0.3) is 0 Å². The van der Waals surface area contributed by atoms with E-state index in [1.54, 1.807) is 24.3 Å². The molecule has 0 spiro atoms. The Balaban J connectivity index is 2.84. The van der Waals surface area contributed by atoms with Gasteiger partial charge in [-0.15, -0.1) is 6.58 Å². The first kappa shape index (κ1) is 6.87. The van der Waals surface area contributed by atoms with Crippen LogP contribution in [0.4, 0.5) is 0 Å². The highest BCUT2D eigenvalue weighted by atomic mass is 16.3. The Morgan fingerprint density at radius 3 is 3.10 bits per heavy atom. The molecule has 1 nitrogen and oxygen atoms in total. The van der Waals surface area contributed by atoms with Crippen molar-refractivity contribution in [2.75, 3.05) is 0 Å². The smallest absolute Gasteiger partial charge is 0.115 e. The second-order valence-electron chi connectivity index (χ2n) is 2.06. The van der Waals surface area contributed by atoms with Crippen LogP contribution < -0.4 is 0 Å². The van der Waals surface area contributed by atoms with Gasteiger partial charge in [-0.25, -0.2) is 0 Å². The molecule has 0 aliphatic heterocycles. The van der Waals surface area contributed by atoms with Gasteiger partial charge in [0.05, 0.1) is 0 Å². The summed E-state index contributed by atoms with van der Waals surface area (Å²) >= 11 is 0. The SMILES string of the molecule is C=CCc1[c]ccc(O)c1. The fourth-order valence-electron chi connectivity index (χ4n) is 0.776. The van der Waals surface area contributed by atoms with Crippen molar-refractivity contribution in [2.45, 2.75) is 6.42 Å². The van der Waals surface area contributed by atoms with E-state index in [4.69, 9.17) is 5.11 Å². The zero-order valence-electron chi connectivity index (χ0n) is 5.67. The van der Waals surface area contributed by atoms with Gasteiger partial charge in [0, 0.05) is 0 Å². The van der Waals surface area contributed by atoms with E-state index in [0.717, 1.165) is 12.0 Å². The highest BCUT2D eigenvalue weighted by Crippen LogP contribution is 2.10. The normalized spacial score (nSPS) is 9.20. The molecule has 0 amide bonds. The number of phenols is 1. The molecule has 0 bridgehead atoms. The summed E-state index contributed by atoms with van der Waals surface area (Å²) in [5.74, 6) is 0.288. The van der Waals surface area contributed by atoms with Crippen molar-refractivity contribution in [3.05, 3.63) is 42.5 Å². The van der Waals surface area contributed by atoms with Crippen LogP contribution in [0.3, 0.4) is 0 Å². The second kappa shape index (κ2) is 3.06. The van der Waals surface area contributed by atoms with E-state index in [0.29, 0.717) is 0 Å². The predicted octanol–water partition coefficient (Wildman–Crippen LogP) is 1.92. The van der Waals surface area contributed by atoms with Gasteiger partial charge >= 0.3 is 0 Å². The van der Waals surface area contributed by atoms with E-state index >= 15 is 0 Å². The molecule has 0 aliphatic rings. The van der Waals surface area contributed by atoms with E-state index in [9.17, 15) is 0 Å². The number of phenolic OH excluding ortho intramolecular Hbond substituents is 1. The molecule has 0 heterocycles. The molecule has 1 aromatic carbocycles. The van der Waals surface area contributed by atoms with Gasteiger partial charge in [-0.1, -0.05) is 12.1 Å². The quantitative estimate of drug-likeness (QED) is 0.611.